The second-order valence-corrected chi connectivity index (χ2v) is 7.94. The van der Waals surface area contributed by atoms with E-state index in [2.05, 4.69) is 15.2 Å². The second kappa shape index (κ2) is 7.85. The van der Waals surface area contributed by atoms with Crippen LogP contribution in [-0.4, -0.2) is 26.6 Å². The van der Waals surface area contributed by atoms with Crippen molar-refractivity contribution in [1.29, 1.82) is 5.26 Å². The van der Waals surface area contributed by atoms with E-state index in [1.165, 1.54) is 6.07 Å². The van der Waals surface area contributed by atoms with Crippen molar-refractivity contribution in [2.75, 3.05) is 11.9 Å². The van der Waals surface area contributed by atoms with Crippen LogP contribution in [0.1, 0.15) is 16.7 Å². The van der Waals surface area contributed by atoms with E-state index in [1.54, 1.807) is 18.5 Å². The third kappa shape index (κ3) is 3.59. The lowest BCUT2D eigenvalue weighted by Crippen LogP contribution is -2.13. The lowest BCUT2D eigenvalue weighted by atomic mass is 9.97. The van der Waals surface area contributed by atoms with E-state index in [4.69, 9.17) is 0 Å². The zero-order valence-corrected chi connectivity index (χ0v) is 18.2. The fraction of sp³-hybridized carbons (Fsp3) is 0.120. The van der Waals surface area contributed by atoms with Gasteiger partial charge in [0.1, 0.15) is 12.1 Å². The molecule has 0 unspecified atom stereocenters. The lowest BCUT2D eigenvalue weighted by Gasteiger charge is -2.21. The number of aromatic nitrogens is 4. The molecule has 5 aromatic rings. The van der Waals surface area contributed by atoms with Gasteiger partial charge in [-0.15, -0.1) is 10.2 Å². The molecule has 5 rings (SSSR count). The van der Waals surface area contributed by atoms with E-state index >= 15 is 0 Å². The van der Waals surface area contributed by atoms with Gasteiger partial charge in [-0.25, -0.2) is 0 Å². The first-order valence-electron chi connectivity index (χ1n) is 10.3. The summed E-state index contributed by atoms with van der Waals surface area (Å²) in [6.07, 6.45) is -2.90. The van der Waals surface area contributed by atoms with Gasteiger partial charge in [-0.3, -0.25) is 4.40 Å². The first-order valence-corrected chi connectivity index (χ1v) is 10.3. The van der Waals surface area contributed by atoms with Gasteiger partial charge >= 0.3 is 6.18 Å². The molecule has 6 nitrogen and oxygen atoms in total. The Morgan fingerprint density at radius 2 is 1.85 bits per heavy atom. The van der Waals surface area contributed by atoms with Crippen molar-refractivity contribution >= 4 is 28.2 Å². The van der Waals surface area contributed by atoms with Crippen LogP contribution in [-0.2, 0) is 6.18 Å². The quantitative estimate of drug-likeness (QED) is 0.336. The number of nitriles is 1. The average molecular weight is 458 g/mol. The average Bonchev–Trinajstić information content (AvgIpc) is 3.31. The molecule has 0 spiro atoms. The van der Waals surface area contributed by atoms with Gasteiger partial charge in [0.25, 0.3) is 5.78 Å². The van der Waals surface area contributed by atoms with Crippen LogP contribution in [0.15, 0.2) is 67.0 Å². The van der Waals surface area contributed by atoms with E-state index in [0.717, 1.165) is 34.3 Å². The zero-order valence-electron chi connectivity index (χ0n) is 18.2. The van der Waals surface area contributed by atoms with Crippen LogP contribution >= 0.6 is 0 Å². The molecular weight excluding hydrogens is 441 g/mol. The summed E-state index contributed by atoms with van der Waals surface area (Å²) in [5.41, 5.74) is 2.88. The molecular formula is C25H17F3N6. The Bertz CT molecular complexity index is 1600. The highest BCUT2D eigenvalue weighted by Crippen LogP contribution is 2.36. The third-order valence-corrected chi connectivity index (χ3v) is 5.72. The lowest BCUT2D eigenvalue weighted by molar-refractivity contribution is -0.137. The highest BCUT2D eigenvalue weighted by atomic mass is 19.4. The minimum absolute atomic E-state index is 0.0430. The largest absolute Gasteiger partial charge is 0.416 e. The highest BCUT2D eigenvalue weighted by molar-refractivity contribution is 5.94. The van der Waals surface area contributed by atoms with Gasteiger partial charge in [-0.1, -0.05) is 24.3 Å². The number of alkyl halides is 3. The highest BCUT2D eigenvalue weighted by Gasteiger charge is 2.31. The smallest absolute Gasteiger partial charge is 0.329 e. The predicted molar refractivity (Wildman–Crippen MR) is 123 cm³/mol. The molecule has 9 heteroatoms. The van der Waals surface area contributed by atoms with E-state index in [-0.39, 0.29) is 5.56 Å². The fourth-order valence-electron chi connectivity index (χ4n) is 3.98. The van der Waals surface area contributed by atoms with Gasteiger partial charge in [0.05, 0.1) is 22.7 Å². The molecule has 0 N–H and O–H groups in total. The van der Waals surface area contributed by atoms with Gasteiger partial charge < -0.3 is 4.90 Å². The summed E-state index contributed by atoms with van der Waals surface area (Å²) in [5, 5.41) is 18.5. The van der Waals surface area contributed by atoms with Crippen molar-refractivity contribution in [3.8, 4) is 17.2 Å². The summed E-state index contributed by atoms with van der Waals surface area (Å²) in [7, 11) is 1.85. The molecule has 0 fully saturated rings. The van der Waals surface area contributed by atoms with Crippen LogP contribution in [0.3, 0.4) is 0 Å². The number of hydrogen-bond acceptors (Lipinski definition) is 5. The SMILES string of the molecule is Cc1ccc2c(N(C)c3cccc(-c4ccc(C(F)(F)F)cc4C#N)c3)nc3nncn3c2c1. The summed E-state index contributed by atoms with van der Waals surface area (Å²) in [5.74, 6) is 1.10. The van der Waals surface area contributed by atoms with E-state index < -0.39 is 11.7 Å². The summed E-state index contributed by atoms with van der Waals surface area (Å²) in [4.78, 5) is 6.56. The third-order valence-electron chi connectivity index (χ3n) is 5.72. The number of benzene rings is 3. The van der Waals surface area contributed by atoms with Crippen molar-refractivity contribution in [1.82, 2.24) is 19.6 Å². The van der Waals surface area contributed by atoms with Crippen molar-refractivity contribution < 1.29 is 13.2 Å². The molecule has 0 radical (unpaired) electrons. The number of nitrogens with zero attached hydrogens (tertiary/aromatic N) is 6. The van der Waals surface area contributed by atoms with Crippen molar-refractivity contribution in [2.45, 2.75) is 13.1 Å². The number of aryl methyl sites for hydroxylation is 1. The molecule has 0 atom stereocenters. The zero-order chi connectivity index (χ0) is 24.0. The predicted octanol–water partition coefficient (Wildman–Crippen LogP) is 5.91. The molecule has 0 aliphatic rings. The Labute approximate surface area is 192 Å². The number of fused-ring (bicyclic) bond motifs is 3. The van der Waals surface area contributed by atoms with Crippen molar-refractivity contribution in [3.05, 3.63) is 83.7 Å². The van der Waals surface area contributed by atoms with E-state index in [9.17, 15) is 18.4 Å². The minimum atomic E-state index is -4.52. The maximum absolute atomic E-state index is 13.1. The molecule has 0 bridgehead atoms. The standard InChI is InChI=1S/C25H17F3N6/c1-15-6-8-21-22(10-15)34-14-30-32-24(34)31-23(21)33(2)19-5-3-4-16(12-19)20-9-7-18(25(26,27)28)11-17(20)13-29/h3-12,14H,1-2H3. The van der Waals surface area contributed by atoms with Crippen LogP contribution in [0, 0.1) is 18.3 Å². The van der Waals surface area contributed by atoms with Crippen LogP contribution in [0.4, 0.5) is 24.7 Å². The Balaban J connectivity index is 1.62. The van der Waals surface area contributed by atoms with Gasteiger partial charge in [0, 0.05) is 18.1 Å². The molecule has 0 aliphatic heterocycles. The van der Waals surface area contributed by atoms with Gasteiger partial charge in [0.15, 0.2) is 0 Å². The molecule has 168 valence electrons. The first-order chi connectivity index (χ1) is 16.3. The molecule has 0 aliphatic carbocycles. The maximum Gasteiger partial charge on any atom is 0.416 e. The monoisotopic (exact) mass is 458 g/mol. The number of anilines is 2. The topological polar surface area (TPSA) is 70.1 Å². The Kier molecular flexibility index (Phi) is 4.94. The summed E-state index contributed by atoms with van der Waals surface area (Å²) >= 11 is 0. The molecule has 0 amide bonds. The van der Waals surface area contributed by atoms with E-state index in [0.29, 0.717) is 22.7 Å². The van der Waals surface area contributed by atoms with Crippen molar-refractivity contribution in [3.63, 3.8) is 0 Å². The summed E-state index contributed by atoms with van der Waals surface area (Å²) in [6, 6.07) is 18.3. The van der Waals surface area contributed by atoms with E-state index in [1.807, 2.05) is 59.7 Å². The normalized spacial score (nSPS) is 11.6. The first kappa shape index (κ1) is 21.4. The summed E-state index contributed by atoms with van der Waals surface area (Å²) < 4.78 is 41.1. The molecule has 2 aromatic heterocycles. The number of rotatable bonds is 3. The van der Waals surface area contributed by atoms with Crippen LogP contribution in [0.25, 0.3) is 27.8 Å². The van der Waals surface area contributed by atoms with Crippen LogP contribution < -0.4 is 4.90 Å². The molecule has 0 saturated heterocycles. The Morgan fingerprint density at radius 3 is 2.62 bits per heavy atom. The Hall–Kier alpha value is -4.45. The van der Waals surface area contributed by atoms with Crippen molar-refractivity contribution in [2.24, 2.45) is 0 Å². The molecule has 3 aromatic carbocycles. The minimum Gasteiger partial charge on any atom is -0.329 e. The van der Waals surface area contributed by atoms with Crippen LogP contribution in [0.5, 0.6) is 0 Å². The van der Waals surface area contributed by atoms with Gasteiger partial charge in [0.2, 0.25) is 0 Å². The number of hydrogen-bond donors (Lipinski definition) is 0. The number of halogens is 3. The van der Waals surface area contributed by atoms with Gasteiger partial charge in [-0.05, 0) is 60.0 Å². The molecule has 2 heterocycles. The Morgan fingerprint density at radius 1 is 1.03 bits per heavy atom. The fourth-order valence-corrected chi connectivity index (χ4v) is 3.98. The summed E-state index contributed by atoms with van der Waals surface area (Å²) in [6.45, 7) is 2.00. The molecule has 34 heavy (non-hydrogen) atoms. The second-order valence-electron chi connectivity index (χ2n) is 7.94. The maximum atomic E-state index is 13.1. The van der Waals surface area contributed by atoms with Gasteiger partial charge in [-0.2, -0.15) is 23.4 Å². The molecule has 0 saturated carbocycles. The van der Waals surface area contributed by atoms with Crippen LogP contribution in [0.2, 0.25) is 0 Å².